The molecule has 8 heteroatoms. The van der Waals surface area contributed by atoms with Gasteiger partial charge in [0, 0.05) is 24.6 Å². The SMILES string of the molecule is Cc1ccc2c(ccc(CC3C([N+](=O)[O-])=CN(C)c4ncnn43)[n+]2C)c1. The first-order chi connectivity index (χ1) is 12.5. The van der Waals surface area contributed by atoms with Gasteiger partial charge >= 0.3 is 0 Å². The molecule has 0 bridgehead atoms. The van der Waals surface area contributed by atoms with Crippen LogP contribution < -0.4 is 9.47 Å². The summed E-state index contributed by atoms with van der Waals surface area (Å²) in [5, 5.41) is 17.0. The summed E-state index contributed by atoms with van der Waals surface area (Å²) in [5.41, 5.74) is 3.39. The number of benzene rings is 1. The second kappa shape index (κ2) is 5.91. The van der Waals surface area contributed by atoms with E-state index in [4.69, 9.17) is 0 Å². The van der Waals surface area contributed by atoms with Crippen LogP contribution >= 0.6 is 0 Å². The smallest absolute Gasteiger partial charge is 0.287 e. The highest BCUT2D eigenvalue weighted by Gasteiger charge is 2.37. The number of anilines is 1. The van der Waals surface area contributed by atoms with Crippen LogP contribution in [0.2, 0.25) is 0 Å². The van der Waals surface area contributed by atoms with Crippen LogP contribution in [0.5, 0.6) is 0 Å². The Bertz CT molecular complexity index is 1060. The van der Waals surface area contributed by atoms with Crippen molar-refractivity contribution in [1.29, 1.82) is 0 Å². The van der Waals surface area contributed by atoms with Crippen molar-refractivity contribution in [3.8, 4) is 0 Å². The molecule has 2 aromatic heterocycles. The van der Waals surface area contributed by atoms with Crippen molar-refractivity contribution < 1.29 is 9.49 Å². The molecule has 0 saturated carbocycles. The van der Waals surface area contributed by atoms with E-state index in [9.17, 15) is 10.1 Å². The summed E-state index contributed by atoms with van der Waals surface area (Å²) >= 11 is 0. The number of nitrogens with zero attached hydrogens (tertiary/aromatic N) is 6. The molecule has 1 aliphatic heterocycles. The van der Waals surface area contributed by atoms with Gasteiger partial charge in [-0.3, -0.25) is 10.1 Å². The molecule has 0 spiro atoms. The third-order valence-corrected chi connectivity index (χ3v) is 4.88. The number of aromatic nitrogens is 4. The van der Waals surface area contributed by atoms with Gasteiger partial charge in [-0.2, -0.15) is 14.6 Å². The molecule has 3 aromatic rings. The fourth-order valence-corrected chi connectivity index (χ4v) is 3.51. The zero-order valence-electron chi connectivity index (χ0n) is 14.8. The molecule has 26 heavy (non-hydrogen) atoms. The van der Waals surface area contributed by atoms with Crippen LogP contribution in [0, 0.1) is 17.0 Å². The van der Waals surface area contributed by atoms with Gasteiger partial charge in [0.15, 0.2) is 11.7 Å². The second-order valence-corrected chi connectivity index (χ2v) is 6.59. The van der Waals surface area contributed by atoms with Gasteiger partial charge in [-0.25, -0.2) is 4.68 Å². The number of allylic oxidation sites excluding steroid dienone is 1. The zero-order chi connectivity index (χ0) is 18.4. The Morgan fingerprint density at radius 1 is 1.31 bits per heavy atom. The average Bonchev–Trinajstić information content (AvgIpc) is 3.09. The molecule has 1 aromatic carbocycles. The van der Waals surface area contributed by atoms with Crippen molar-refractivity contribution in [2.75, 3.05) is 11.9 Å². The predicted molar refractivity (Wildman–Crippen MR) is 96.1 cm³/mol. The quantitative estimate of drug-likeness (QED) is 0.409. The van der Waals surface area contributed by atoms with E-state index in [1.165, 1.54) is 18.1 Å². The third kappa shape index (κ3) is 2.50. The van der Waals surface area contributed by atoms with Gasteiger partial charge in [-0.1, -0.05) is 11.6 Å². The number of fused-ring (bicyclic) bond motifs is 2. The van der Waals surface area contributed by atoms with Crippen molar-refractivity contribution in [3.63, 3.8) is 0 Å². The lowest BCUT2D eigenvalue weighted by Crippen LogP contribution is -2.38. The van der Waals surface area contributed by atoms with Gasteiger partial charge in [0.2, 0.25) is 11.5 Å². The molecular weight excluding hydrogens is 332 g/mol. The summed E-state index contributed by atoms with van der Waals surface area (Å²) in [7, 11) is 3.72. The number of aryl methyl sites for hydroxylation is 2. The average molecular weight is 351 g/mol. The van der Waals surface area contributed by atoms with Gasteiger partial charge in [0.25, 0.3) is 5.70 Å². The van der Waals surface area contributed by atoms with Crippen LogP contribution in [0.1, 0.15) is 17.3 Å². The Morgan fingerprint density at radius 2 is 2.12 bits per heavy atom. The van der Waals surface area contributed by atoms with Crippen LogP contribution in [-0.2, 0) is 13.5 Å². The van der Waals surface area contributed by atoms with Gasteiger partial charge < -0.3 is 4.90 Å². The zero-order valence-corrected chi connectivity index (χ0v) is 14.8. The molecule has 0 saturated heterocycles. The predicted octanol–water partition coefficient (Wildman–Crippen LogP) is 1.92. The number of hydrogen-bond donors (Lipinski definition) is 0. The Morgan fingerprint density at radius 3 is 2.88 bits per heavy atom. The molecule has 1 atom stereocenters. The minimum Gasteiger partial charge on any atom is -0.314 e. The number of hydrogen-bond acceptors (Lipinski definition) is 5. The maximum absolute atomic E-state index is 11.6. The summed E-state index contributed by atoms with van der Waals surface area (Å²) in [5.74, 6) is 0.597. The maximum Gasteiger partial charge on any atom is 0.287 e. The fraction of sp³-hybridized carbons (Fsp3) is 0.278. The van der Waals surface area contributed by atoms with E-state index in [1.54, 1.807) is 16.6 Å². The van der Waals surface area contributed by atoms with E-state index in [0.29, 0.717) is 12.4 Å². The van der Waals surface area contributed by atoms with E-state index >= 15 is 0 Å². The van der Waals surface area contributed by atoms with Gasteiger partial charge in [-0.15, -0.1) is 0 Å². The summed E-state index contributed by atoms with van der Waals surface area (Å²) in [4.78, 5) is 17.1. The first-order valence-electron chi connectivity index (χ1n) is 8.32. The van der Waals surface area contributed by atoms with Crippen molar-refractivity contribution in [3.05, 3.63) is 69.9 Å². The standard InChI is InChI=1S/C18H19N6O2/c1-12-4-7-15-13(8-12)5-6-14(22(15)3)9-16-17(24(25)26)10-21(2)18-19-11-20-23(16)18/h4-8,10-11,16H,9H2,1-3H3/q+1. The second-order valence-electron chi connectivity index (χ2n) is 6.59. The molecule has 1 aliphatic rings. The lowest BCUT2D eigenvalue weighted by Gasteiger charge is -2.24. The van der Waals surface area contributed by atoms with E-state index in [-0.39, 0.29) is 10.6 Å². The minimum atomic E-state index is -0.507. The molecule has 1 unspecified atom stereocenters. The Hall–Kier alpha value is -3.29. The summed E-state index contributed by atoms with van der Waals surface area (Å²) in [6.07, 6.45) is 3.41. The molecule has 0 amide bonds. The van der Waals surface area contributed by atoms with Crippen LogP contribution in [0.25, 0.3) is 10.9 Å². The normalized spacial score (nSPS) is 16.5. The number of pyridine rings is 1. The number of nitro groups is 1. The molecule has 132 valence electrons. The van der Waals surface area contributed by atoms with Crippen molar-refractivity contribution in [2.45, 2.75) is 19.4 Å². The van der Waals surface area contributed by atoms with E-state index < -0.39 is 6.04 Å². The van der Waals surface area contributed by atoms with Gasteiger partial charge in [0.1, 0.15) is 13.4 Å². The highest BCUT2D eigenvalue weighted by atomic mass is 16.6. The van der Waals surface area contributed by atoms with Crippen LogP contribution in [0.15, 0.2) is 48.6 Å². The van der Waals surface area contributed by atoms with Crippen molar-refractivity contribution in [2.24, 2.45) is 7.05 Å². The summed E-state index contributed by atoms with van der Waals surface area (Å²) < 4.78 is 3.71. The summed E-state index contributed by atoms with van der Waals surface area (Å²) in [6.45, 7) is 2.06. The van der Waals surface area contributed by atoms with Crippen LogP contribution in [0.4, 0.5) is 5.95 Å². The van der Waals surface area contributed by atoms with E-state index in [0.717, 1.165) is 16.6 Å². The molecule has 0 N–H and O–H groups in total. The highest BCUT2D eigenvalue weighted by Crippen LogP contribution is 2.30. The third-order valence-electron chi connectivity index (χ3n) is 4.88. The van der Waals surface area contributed by atoms with Crippen molar-refractivity contribution in [1.82, 2.24) is 14.8 Å². The fourth-order valence-electron chi connectivity index (χ4n) is 3.51. The molecule has 0 aliphatic carbocycles. The Labute approximate surface area is 150 Å². The van der Waals surface area contributed by atoms with E-state index in [2.05, 4.69) is 45.8 Å². The first kappa shape index (κ1) is 16.2. The van der Waals surface area contributed by atoms with E-state index in [1.807, 2.05) is 13.1 Å². The molecular formula is C18H19N6O2+. The van der Waals surface area contributed by atoms with Crippen LogP contribution in [-0.4, -0.2) is 26.7 Å². The first-order valence-corrected chi connectivity index (χ1v) is 8.32. The highest BCUT2D eigenvalue weighted by molar-refractivity contribution is 5.76. The molecule has 0 fully saturated rings. The van der Waals surface area contributed by atoms with Crippen LogP contribution in [0.3, 0.4) is 0 Å². The Kier molecular flexibility index (Phi) is 3.68. The minimum absolute atomic E-state index is 0.106. The Balaban J connectivity index is 1.79. The van der Waals surface area contributed by atoms with Gasteiger partial charge in [0.05, 0.1) is 17.5 Å². The van der Waals surface area contributed by atoms with Gasteiger partial charge in [-0.05, 0) is 19.1 Å². The summed E-state index contributed by atoms with van der Waals surface area (Å²) in [6, 6.07) is 9.85. The lowest BCUT2D eigenvalue weighted by molar-refractivity contribution is -0.653. The molecule has 0 radical (unpaired) electrons. The van der Waals surface area contributed by atoms with Crippen molar-refractivity contribution >= 4 is 16.9 Å². The molecule has 3 heterocycles. The monoisotopic (exact) mass is 351 g/mol. The molecule has 8 nitrogen and oxygen atoms in total. The largest absolute Gasteiger partial charge is 0.314 e. The molecule has 4 rings (SSSR count). The lowest BCUT2D eigenvalue weighted by atomic mass is 10.0. The maximum atomic E-state index is 11.6. The topological polar surface area (TPSA) is 81.0 Å². The number of rotatable bonds is 3.